The number of hydroxylamine groups is 1. The maximum atomic E-state index is 12.4. The quantitative estimate of drug-likeness (QED) is 0.279. The molecular formula is C17H22N2O3. The highest BCUT2D eigenvalue weighted by atomic mass is 16.5. The zero-order chi connectivity index (χ0) is 16.7. The lowest BCUT2D eigenvalue weighted by molar-refractivity contribution is -0.124. The summed E-state index contributed by atoms with van der Waals surface area (Å²) < 4.78 is 0. The third-order valence-electron chi connectivity index (χ3n) is 3.18. The van der Waals surface area contributed by atoms with Crippen LogP contribution in [0.3, 0.4) is 0 Å². The molecule has 5 heteroatoms. The fourth-order valence-corrected chi connectivity index (χ4v) is 1.97. The molecule has 0 radical (unpaired) electrons. The molecule has 0 saturated heterocycles. The number of rotatable bonds is 6. The molecule has 0 heterocycles. The minimum atomic E-state index is -0.606. The Hall–Kier alpha value is -2.40. The molecular weight excluding hydrogens is 280 g/mol. The van der Waals surface area contributed by atoms with Crippen LogP contribution < -0.4 is 10.4 Å². The lowest BCUT2D eigenvalue weighted by atomic mass is 9.96. The number of hydrogen-bond acceptors (Lipinski definition) is 4. The first kappa shape index (κ1) is 17.7. The van der Waals surface area contributed by atoms with Gasteiger partial charge in [-0.2, -0.15) is 0 Å². The summed E-state index contributed by atoms with van der Waals surface area (Å²) in [5, 5.41) is 8.41. The summed E-state index contributed by atoms with van der Waals surface area (Å²) in [6, 6.07) is 7.46. The predicted octanol–water partition coefficient (Wildman–Crippen LogP) is 2.58. The van der Waals surface area contributed by atoms with Gasteiger partial charge in [0.25, 0.3) is 5.91 Å². The van der Waals surface area contributed by atoms with Gasteiger partial charge in [-0.25, -0.2) is 5.48 Å². The van der Waals surface area contributed by atoms with Crippen LogP contribution in [0.2, 0.25) is 0 Å². The summed E-state index contributed by atoms with van der Waals surface area (Å²) in [7, 11) is 3.85. The molecule has 1 unspecified atom stereocenters. The number of benzene rings is 1. The zero-order valence-corrected chi connectivity index (χ0v) is 13.3. The Bertz CT molecular complexity index is 604. The fourth-order valence-electron chi connectivity index (χ4n) is 1.97. The minimum absolute atomic E-state index is 0.0167. The molecule has 118 valence electrons. The number of anilines is 1. The van der Waals surface area contributed by atoms with Crippen molar-refractivity contribution in [1.29, 1.82) is 0 Å². The Morgan fingerprint density at radius 2 is 1.95 bits per heavy atom. The number of Topliss-reactive ketones (excluding diaryl/α,β-unsaturated/α-hetero) is 1. The van der Waals surface area contributed by atoms with E-state index in [1.165, 1.54) is 11.6 Å². The second kappa shape index (κ2) is 8.14. The summed E-state index contributed by atoms with van der Waals surface area (Å²) in [5.41, 5.74) is 3.91. The topological polar surface area (TPSA) is 69.6 Å². The first-order valence-corrected chi connectivity index (χ1v) is 6.97. The van der Waals surface area contributed by atoms with Crippen LogP contribution in [0, 0.1) is 5.92 Å². The van der Waals surface area contributed by atoms with E-state index in [0.29, 0.717) is 5.56 Å². The van der Waals surface area contributed by atoms with E-state index < -0.39 is 5.91 Å². The maximum absolute atomic E-state index is 12.4. The van der Waals surface area contributed by atoms with Crippen molar-refractivity contribution in [2.24, 2.45) is 5.92 Å². The molecule has 0 bridgehead atoms. The number of hydrogen-bond donors (Lipinski definition) is 2. The molecule has 22 heavy (non-hydrogen) atoms. The van der Waals surface area contributed by atoms with Crippen LogP contribution in [0.25, 0.3) is 0 Å². The Kier molecular flexibility index (Phi) is 6.53. The van der Waals surface area contributed by atoms with E-state index in [2.05, 4.69) is 0 Å². The van der Waals surface area contributed by atoms with Crippen molar-refractivity contribution in [1.82, 2.24) is 5.48 Å². The SMILES string of the molecule is CC(/C=C/C(=O)NO)=C\C(C)C(=O)c1cccc(N(C)C)c1. The number of nitrogens with one attached hydrogen (secondary N) is 1. The van der Waals surface area contributed by atoms with Crippen molar-refractivity contribution in [2.75, 3.05) is 19.0 Å². The highest BCUT2D eigenvalue weighted by Gasteiger charge is 2.13. The largest absolute Gasteiger partial charge is 0.378 e. The minimum Gasteiger partial charge on any atom is -0.378 e. The van der Waals surface area contributed by atoms with Gasteiger partial charge < -0.3 is 4.90 Å². The van der Waals surface area contributed by atoms with E-state index in [-0.39, 0.29) is 11.7 Å². The van der Waals surface area contributed by atoms with Crippen molar-refractivity contribution in [3.05, 3.63) is 53.6 Å². The molecule has 0 spiro atoms. The van der Waals surface area contributed by atoms with E-state index >= 15 is 0 Å². The van der Waals surface area contributed by atoms with Gasteiger partial charge in [0.2, 0.25) is 0 Å². The van der Waals surface area contributed by atoms with Gasteiger partial charge in [-0.05, 0) is 19.1 Å². The molecule has 0 saturated carbocycles. The molecule has 1 aromatic carbocycles. The maximum Gasteiger partial charge on any atom is 0.267 e. The Labute approximate surface area is 130 Å². The predicted molar refractivity (Wildman–Crippen MR) is 87.1 cm³/mol. The molecule has 0 fully saturated rings. The van der Waals surface area contributed by atoms with E-state index in [1.807, 2.05) is 44.1 Å². The Balaban J connectivity index is 2.86. The van der Waals surface area contributed by atoms with Gasteiger partial charge in [0.15, 0.2) is 5.78 Å². The molecule has 1 aromatic rings. The van der Waals surface area contributed by atoms with Gasteiger partial charge in [0, 0.05) is 37.3 Å². The number of amides is 1. The number of nitrogens with zero attached hydrogens (tertiary/aromatic N) is 1. The Morgan fingerprint density at radius 3 is 2.55 bits per heavy atom. The average Bonchev–Trinajstić information content (AvgIpc) is 2.51. The molecule has 5 nitrogen and oxygen atoms in total. The Morgan fingerprint density at radius 1 is 1.27 bits per heavy atom. The molecule has 0 aliphatic heterocycles. The van der Waals surface area contributed by atoms with Gasteiger partial charge in [-0.1, -0.05) is 36.8 Å². The van der Waals surface area contributed by atoms with Crippen molar-refractivity contribution in [3.63, 3.8) is 0 Å². The van der Waals surface area contributed by atoms with E-state index in [1.54, 1.807) is 25.1 Å². The molecule has 0 aliphatic carbocycles. The summed E-state index contributed by atoms with van der Waals surface area (Å²) in [5.74, 6) is -0.896. The van der Waals surface area contributed by atoms with Gasteiger partial charge in [0.05, 0.1) is 0 Å². The molecule has 0 aromatic heterocycles. The second-order valence-corrected chi connectivity index (χ2v) is 5.32. The first-order chi connectivity index (χ1) is 10.3. The van der Waals surface area contributed by atoms with Gasteiger partial charge in [-0.15, -0.1) is 0 Å². The molecule has 1 amide bonds. The van der Waals surface area contributed by atoms with Crippen LogP contribution in [0.4, 0.5) is 5.69 Å². The number of allylic oxidation sites excluding steroid dienone is 3. The van der Waals surface area contributed by atoms with Crippen LogP contribution in [0.5, 0.6) is 0 Å². The van der Waals surface area contributed by atoms with E-state index in [4.69, 9.17) is 5.21 Å². The van der Waals surface area contributed by atoms with Gasteiger partial charge >= 0.3 is 0 Å². The monoisotopic (exact) mass is 302 g/mol. The number of carbonyl (C=O) groups excluding carboxylic acids is 2. The highest BCUT2D eigenvalue weighted by Crippen LogP contribution is 2.18. The van der Waals surface area contributed by atoms with Gasteiger partial charge in [-0.3, -0.25) is 14.8 Å². The van der Waals surface area contributed by atoms with Crippen LogP contribution in [-0.2, 0) is 4.79 Å². The summed E-state index contributed by atoms with van der Waals surface area (Å²) in [6.07, 6.45) is 4.53. The summed E-state index contributed by atoms with van der Waals surface area (Å²) >= 11 is 0. The zero-order valence-electron chi connectivity index (χ0n) is 13.3. The summed E-state index contributed by atoms with van der Waals surface area (Å²) in [6.45, 7) is 3.61. The fraction of sp³-hybridized carbons (Fsp3) is 0.294. The van der Waals surface area contributed by atoms with Crippen LogP contribution in [0.1, 0.15) is 24.2 Å². The normalized spacial score (nSPS) is 13.0. The van der Waals surface area contributed by atoms with Crippen molar-refractivity contribution >= 4 is 17.4 Å². The lowest BCUT2D eigenvalue weighted by Crippen LogP contribution is -2.15. The molecule has 2 N–H and O–H groups in total. The van der Waals surface area contributed by atoms with E-state index in [0.717, 1.165) is 11.3 Å². The van der Waals surface area contributed by atoms with Crippen LogP contribution >= 0.6 is 0 Å². The van der Waals surface area contributed by atoms with Crippen LogP contribution in [-0.4, -0.2) is 31.0 Å². The number of carbonyl (C=O) groups is 2. The third kappa shape index (κ3) is 5.18. The molecule has 0 aliphatic rings. The summed E-state index contributed by atoms with van der Waals surface area (Å²) in [4.78, 5) is 25.3. The molecule has 1 rings (SSSR count). The lowest BCUT2D eigenvalue weighted by Gasteiger charge is -2.14. The number of ketones is 1. The standard InChI is InChI=1S/C17H22N2O3/c1-12(8-9-16(20)18-22)10-13(2)17(21)14-6-5-7-15(11-14)19(3)4/h5-11,13,22H,1-4H3,(H,18,20)/b9-8+,12-10+. The highest BCUT2D eigenvalue weighted by molar-refractivity contribution is 5.99. The second-order valence-electron chi connectivity index (χ2n) is 5.32. The van der Waals surface area contributed by atoms with Crippen molar-refractivity contribution < 1.29 is 14.8 Å². The van der Waals surface area contributed by atoms with E-state index in [9.17, 15) is 9.59 Å². The third-order valence-corrected chi connectivity index (χ3v) is 3.18. The van der Waals surface area contributed by atoms with Crippen LogP contribution in [0.15, 0.2) is 48.1 Å². The van der Waals surface area contributed by atoms with Gasteiger partial charge in [0.1, 0.15) is 0 Å². The molecule has 1 atom stereocenters. The average molecular weight is 302 g/mol. The van der Waals surface area contributed by atoms with Crippen molar-refractivity contribution in [3.8, 4) is 0 Å². The van der Waals surface area contributed by atoms with Crippen molar-refractivity contribution in [2.45, 2.75) is 13.8 Å². The smallest absolute Gasteiger partial charge is 0.267 e. The first-order valence-electron chi connectivity index (χ1n) is 6.97.